The largest absolute Gasteiger partial charge is 0.468 e. The first kappa shape index (κ1) is 14.6. The van der Waals surface area contributed by atoms with Crippen LogP contribution in [-0.2, 0) is 6.54 Å². The van der Waals surface area contributed by atoms with Crippen LogP contribution in [0.5, 0.6) is 0 Å². The smallest absolute Gasteiger partial charge is 0.123 e. The van der Waals surface area contributed by atoms with Gasteiger partial charge in [0.2, 0.25) is 0 Å². The standard InChI is InChI=1S/C17H19N3O2/c1-13-14(10-18-16(12-21)17-8-5-9-22-17)11-20(19-13)15-6-3-2-4-7-15/h2-9,11,16,18,21H,10,12H2,1H3. The van der Waals surface area contributed by atoms with Crippen molar-refractivity contribution in [1.29, 1.82) is 0 Å². The third-order valence-electron chi connectivity index (χ3n) is 3.63. The minimum Gasteiger partial charge on any atom is -0.468 e. The molecule has 0 fully saturated rings. The van der Waals surface area contributed by atoms with Crippen molar-refractivity contribution >= 4 is 0 Å². The minimum absolute atomic E-state index is 0.0145. The number of aliphatic hydroxyl groups excluding tert-OH is 1. The highest BCUT2D eigenvalue weighted by molar-refractivity contribution is 5.32. The zero-order chi connectivity index (χ0) is 15.4. The van der Waals surface area contributed by atoms with Crippen molar-refractivity contribution in [1.82, 2.24) is 15.1 Å². The van der Waals surface area contributed by atoms with Gasteiger partial charge in [-0.05, 0) is 31.2 Å². The Bertz CT molecular complexity index is 705. The van der Waals surface area contributed by atoms with Crippen LogP contribution in [0, 0.1) is 6.92 Å². The second kappa shape index (κ2) is 6.60. The minimum atomic E-state index is -0.213. The van der Waals surface area contributed by atoms with Crippen molar-refractivity contribution in [3.8, 4) is 5.69 Å². The van der Waals surface area contributed by atoms with E-state index in [-0.39, 0.29) is 12.6 Å². The summed E-state index contributed by atoms with van der Waals surface area (Å²) in [5.41, 5.74) is 3.09. The molecule has 2 N–H and O–H groups in total. The fourth-order valence-corrected chi connectivity index (χ4v) is 2.36. The third kappa shape index (κ3) is 3.10. The molecule has 5 heteroatoms. The molecular weight excluding hydrogens is 278 g/mol. The number of aliphatic hydroxyl groups is 1. The molecule has 0 aliphatic rings. The fourth-order valence-electron chi connectivity index (χ4n) is 2.36. The van der Waals surface area contributed by atoms with Crippen LogP contribution in [0.2, 0.25) is 0 Å². The van der Waals surface area contributed by atoms with Gasteiger partial charge in [-0.3, -0.25) is 0 Å². The molecule has 1 atom stereocenters. The van der Waals surface area contributed by atoms with Gasteiger partial charge in [0.25, 0.3) is 0 Å². The van der Waals surface area contributed by atoms with Gasteiger partial charge in [-0.25, -0.2) is 4.68 Å². The predicted molar refractivity (Wildman–Crippen MR) is 83.7 cm³/mol. The van der Waals surface area contributed by atoms with Crippen LogP contribution in [-0.4, -0.2) is 21.5 Å². The van der Waals surface area contributed by atoms with E-state index in [1.54, 1.807) is 6.26 Å². The van der Waals surface area contributed by atoms with Crippen LogP contribution in [0.25, 0.3) is 5.69 Å². The molecule has 2 heterocycles. The first-order valence-corrected chi connectivity index (χ1v) is 7.26. The van der Waals surface area contributed by atoms with Gasteiger partial charge in [0, 0.05) is 18.3 Å². The maximum atomic E-state index is 9.49. The van der Waals surface area contributed by atoms with E-state index in [0.717, 1.165) is 22.7 Å². The van der Waals surface area contributed by atoms with Gasteiger partial charge in [0.05, 0.1) is 30.3 Å². The van der Waals surface area contributed by atoms with Gasteiger partial charge in [0.15, 0.2) is 0 Å². The van der Waals surface area contributed by atoms with Crippen LogP contribution >= 0.6 is 0 Å². The molecule has 1 unspecified atom stereocenters. The van der Waals surface area contributed by atoms with Crippen molar-refractivity contribution in [2.24, 2.45) is 0 Å². The summed E-state index contributed by atoms with van der Waals surface area (Å²) < 4.78 is 7.20. The van der Waals surface area contributed by atoms with Crippen molar-refractivity contribution in [2.45, 2.75) is 19.5 Å². The van der Waals surface area contributed by atoms with Crippen LogP contribution in [0.4, 0.5) is 0 Å². The summed E-state index contributed by atoms with van der Waals surface area (Å²) in [6.07, 6.45) is 3.62. The molecule has 5 nitrogen and oxygen atoms in total. The van der Waals surface area contributed by atoms with Crippen molar-refractivity contribution < 1.29 is 9.52 Å². The number of aryl methyl sites for hydroxylation is 1. The molecule has 0 aliphatic heterocycles. The van der Waals surface area contributed by atoms with Gasteiger partial charge >= 0.3 is 0 Å². The number of benzene rings is 1. The molecule has 0 saturated carbocycles. The number of hydrogen-bond acceptors (Lipinski definition) is 4. The Morgan fingerprint density at radius 2 is 2.05 bits per heavy atom. The lowest BCUT2D eigenvalue weighted by Gasteiger charge is -2.13. The summed E-state index contributed by atoms with van der Waals surface area (Å²) in [4.78, 5) is 0. The average molecular weight is 297 g/mol. The number of furan rings is 1. The van der Waals surface area contributed by atoms with Crippen LogP contribution in [0.3, 0.4) is 0 Å². The Labute approximate surface area is 129 Å². The van der Waals surface area contributed by atoms with Gasteiger partial charge < -0.3 is 14.8 Å². The van der Waals surface area contributed by atoms with Gasteiger partial charge in [0.1, 0.15) is 5.76 Å². The maximum absolute atomic E-state index is 9.49. The molecule has 1 aromatic carbocycles. The van der Waals surface area contributed by atoms with Crippen molar-refractivity contribution in [3.05, 3.63) is 71.9 Å². The number of hydrogen-bond donors (Lipinski definition) is 2. The van der Waals surface area contributed by atoms with Crippen LogP contribution in [0.15, 0.2) is 59.3 Å². The molecule has 22 heavy (non-hydrogen) atoms. The van der Waals surface area contributed by atoms with E-state index in [9.17, 15) is 5.11 Å². The van der Waals surface area contributed by atoms with E-state index in [2.05, 4.69) is 10.4 Å². The van der Waals surface area contributed by atoms with Gasteiger partial charge in [-0.15, -0.1) is 0 Å². The zero-order valence-electron chi connectivity index (χ0n) is 12.4. The average Bonchev–Trinajstić information content (AvgIpc) is 3.19. The van der Waals surface area contributed by atoms with E-state index in [0.29, 0.717) is 6.54 Å². The second-order valence-electron chi connectivity index (χ2n) is 5.15. The van der Waals surface area contributed by atoms with Crippen molar-refractivity contribution in [2.75, 3.05) is 6.61 Å². The molecule has 0 bridgehead atoms. The zero-order valence-corrected chi connectivity index (χ0v) is 12.4. The number of aromatic nitrogens is 2. The van der Waals surface area contributed by atoms with E-state index in [1.807, 2.05) is 60.3 Å². The molecule has 0 radical (unpaired) electrons. The van der Waals surface area contributed by atoms with Crippen molar-refractivity contribution in [3.63, 3.8) is 0 Å². The predicted octanol–water partition coefficient (Wildman–Crippen LogP) is 2.60. The summed E-state index contributed by atoms with van der Waals surface area (Å²) in [6.45, 7) is 2.58. The summed E-state index contributed by atoms with van der Waals surface area (Å²) in [7, 11) is 0. The number of rotatable bonds is 6. The quantitative estimate of drug-likeness (QED) is 0.734. The molecule has 114 valence electrons. The number of nitrogens with one attached hydrogen (secondary N) is 1. The van der Waals surface area contributed by atoms with E-state index in [1.165, 1.54) is 0 Å². The van der Waals surface area contributed by atoms with Crippen LogP contribution < -0.4 is 5.32 Å². The van der Waals surface area contributed by atoms with E-state index < -0.39 is 0 Å². The Kier molecular flexibility index (Phi) is 4.37. The Hall–Kier alpha value is -2.37. The third-order valence-corrected chi connectivity index (χ3v) is 3.63. The van der Waals surface area contributed by atoms with Crippen LogP contribution in [0.1, 0.15) is 23.1 Å². The van der Waals surface area contributed by atoms with E-state index >= 15 is 0 Å². The normalized spacial score (nSPS) is 12.5. The molecule has 0 amide bonds. The summed E-state index contributed by atoms with van der Waals surface area (Å²) in [6, 6.07) is 13.5. The topological polar surface area (TPSA) is 63.2 Å². The highest BCUT2D eigenvalue weighted by Crippen LogP contribution is 2.16. The number of para-hydroxylation sites is 1. The van der Waals surface area contributed by atoms with E-state index in [4.69, 9.17) is 4.42 Å². The molecule has 0 aliphatic carbocycles. The monoisotopic (exact) mass is 297 g/mol. The Balaban J connectivity index is 1.72. The maximum Gasteiger partial charge on any atom is 0.123 e. The number of nitrogens with zero attached hydrogens (tertiary/aromatic N) is 2. The fraction of sp³-hybridized carbons (Fsp3) is 0.235. The molecule has 2 aromatic heterocycles. The first-order chi connectivity index (χ1) is 10.8. The highest BCUT2D eigenvalue weighted by Gasteiger charge is 2.14. The second-order valence-corrected chi connectivity index (χ2v) is 5.15. The van der Waals surface area contributed by atoms with Gasteiger partial charge in [-0.1, -0.05) is 18.2 Å². The van der Waals surface area contributed by atoms with Gasteiger partial charge in [-0.2, -0.15) is 5.10 Å². The summed E-state index contributed by atoms with van der Waals surface area (Å²) >= 11 is 0. The molecule has 3 aromatic rings. The lowest BCUT2D eigenvalue weighted by molar-refractivity contribution is 0.225. The summed E-state index contributed by atoms with van der Waals surface area (Å²) in [5.74, 6) is 0.732. The molecule has 3 rings (SSSR count). The summed E-state index contributed by atoms with van der Waals surface area (Å²) in [5, 5.41) is 17.3. The Morgan fingerprint density at radius 3 is 2.73 bits per heavy atom. The SMILES string of the molecule is Cc1nn(-c2ccccc2)cc1CNC(CO)c1ccco1. The lowest BCUT2D eigenvalue weighted by atomic mass is 10.2. The molecular formula is C17H19N3O2. The molecule has 0 saturated heterocycles. The first-order valence-electron chi connectivity index (χ1n) is 7.26. The Morgan fingerprint density at radius 1 is 1.23 bits per heavy atom. The molecule has 0 spiro atoms. The highest BCUT2D eigenvalue weighted by atomic mass is 16.3. The lowest BCUT2D eigenvalue weighted by Crippen LogP contribution is -2.23.